The molecule has 0 aromatic carbocycles. The third-order valence-corrected chi connectivity index (χ3v) is 4.04. The van der Waals surface area contributed by atoms with Gasteiger partial charge in [0.15, 0.2) is 0 Å². The van der Waals surface area contributed by atoms with Crippen LogP contribution in [0.1, 0.15) is 49.9 Å². The average Bonchev–Trinajstić information content (AvgIpc) is 2.89. The highest BCUT2D eigenvalue weighted by molar-refractivity contribution is 5.86. The molecule has 2 rings (SSSR count). The Balaban J connectivity index is 2.05. The first-order valence-electron chi connectivity index (χ1n) is 6.52. The molecule has 18 heavy (non-hydrogen) atoms. The standard InChI is InChI=1S/C13H22N4O/c1-9(11-8-15-17(3)10(11)2)16-12(18)13(14)6-4-5-7-13/h8-9H,4-7,14H2,1-3H3,(H,16,18). The molecule has 100 valence electrons. The molecule has 5 nitrogen and oxygen atoms in total. The van der Waals surface area contributed by atoms with E-state index in [1.807, 2.05) is 25.6 Å². The summed E-state index contributed by atoms with van der Waals surface area (Å²) in [6.45, 7) is 3.97. The van der Waals surface area contributed by atoms with Gasteiger partial charge in [-0.15, -0.1) is 0 Å². The number of hydrogen-bond acceptors (Lipinski definition) is 3. The van der Waals surface area contributed by atoms with Crippen LogP contribution >= 0.6 is 0 Å². The van der Waals surface area contributed by atoms with Crippen LogP contribution < -0.4 is 11.1 Å². The number of carbonyl (C=O) groups excluding carboxylic acids is 1. The molecule has 1 aliphatic rings. The van der Waals surface area contributed by atoms with Crippen LogP contribution in [-0.4, -0.2) is 21.2 Å². The van der Waals surface area contributed by atoms with Gasteiger partial charge in [0.2, 0.25) is 5.91 Å². The first-order valence-corrected chi connectivity index (χ1v) is 6.52. The summed E-state index contributed by atoms with van der Waals surface area (Å²) in [5.74, 6) is -0.0317. The second-order valence-electron chi connectivity index (χ2n) is 5.37. The highest BCUT2D eigenvalue weighted by Crippen LogP contribution is 2.28. The Hall–Kier alpha value is -1.36. The number of rotatable bonds is 3. The maximum Gasteiger partial charge on any atom is 0.240 e. The average molecular weight is 250 g/mol. The van der Waals surface area contributed by atoms with E-state index in [0.29, 0.717) is 0 Å². The Bertz CT molecular complexity index is 446. The summed E-state index contributed by atoms with van der Waals surface area (Å²) in [5.41, 5.74) is 7.60. The summed E-state index contributed by atoms with van der Waals surface area (Å²) < 4.78 is 1.81. The van der Waals surface area contributed by atoms with Crippen LogP contribution in [0.4, 0.5) is 0 Å². The number of nitrogens with one attached hydrogen (secondary N) is 1. The summed E-state index contributed by atoms with van der Waals surface area (Å²) in [4.78, 5) is 12.2. The quantitative estimate of drug-likeness (QED) is 0.846. The van der Waals surface area contributed by atoms with Gasteiger partial charge in [0.25, 0.3) is 0 Å². The van der Waals surface area contributed by atoms with Crippen molar-refractivity contribution in [2.75, 3.05) is 0 Å². The predicted molar refractivity (Wildman–Crippen MR) is 69.9 cm³/mol. The lowest BCUT2D eigenvalue weighted by atomic mass is 9.97. The van der Waals surface area contributed by atoms with Crippen molar-refractivity contribution in [3.8, 4) is 0 Å². The molecule has 1 aliphatic carbocycles. The Morgan fingerprint density at radius 3 is 2.67 bits per heavy atom. The van der Waals surface area contributed by atoms with Crippen LogP contribution in [-0.2, 0) is 11.8 Å². The van der Waals surface area contributed by atoms with Gasteiger partial charge in [0.1, 0.15) is 0 Å². The summed E-state index contributed by atoms with van der Waals surface area (Å²) >= 11 is 0. The number of nitrogens with two attached hydrogens (primary N) is 1. The molecule has 0 aliphatic heterocycles. The van der Waals surface area contributed by atoms with Crippen molar-refractivity contribution in [2.45, 2.75) is 51.1 Å². The fraction of sp³-hybridized carbons (Fsp3) is 0.692. The van der Waals surface area contributed by atoms with Crippen LogP contribution in [0.5, 0.6) is 0 Å². The van der Waals surface area contributed by atoms with Crippen molar-refractivity contribution in [2.24, 2.45) is 12.8 Å². The molecule has 1 atom stereocenters. The third kappa shape index (κ3) is 2.27. The Labute approximate surface area is 108 Å². The maximum atomic E-state index is 12.2. The lowest BCUT2D eigenvalue weighted by Crippen LogP contribution is -2.52. The summed E-state index contributed by atoms with van der Waals surface area (Å²) in [6, 6.07) is -0.0489. The van der Waals surface area contributed by atoms with E-state index in [2.05, 4.69) is 10.4 Å². The van der Waals surface area contributed by atoms with Crippen molar-refractivity contribution in [1.82, 2.24) is 15.1 Å². The minimum atomic E-state index is -0.662. The number of aryl methyl sites for hydroxylation is 1. The van der Waals surface area contributed by atoms with Gasteiger partial charge in [0, 0.05) is 18.3 Å². The first kappa shape index (κ1) is 13.1. The van der Waals surface area contributed by atoms with E-state index in [9.17, 15) is 4.79 Å². The van der Waals surface area contributed by atoms with Gasteiger partial charge >= 0.3 is 0 Å². The minimum absolute atomic E-state index is 0.0317. The predicted octanol–water partition coefficient (Wildman–Crippen LogP) is 1.18. The highest BCUT2D eigenvalue weighted by atomic mass is 16.2. The zero-order valence-electron chi connectivity index (χ0n) is 11.4. The molecule has 1 heterocycles. The van der Waals surface area contributed by atoms with Crippen molar-refractivity contribution < 1.29 is 4.79 Å². The fourth-order valence-corrected chi connectivity index (χ4v) is 2.59. The van der Waals surface area contributed by atoms with Gasteiger partial charge in [-0.1, -0.05) is 12.8 Å². The third-order valence-electron chi connectivity index (χ3n) is 4.04. The van der Waals surface area contributed by atoms with Gasteiger partial charge in [0.05, 0.1) is 17.8 Å². The molecular formula is C13H22N4O. The van der Waals surface area contributed by atoms with E-state index in [1.54, 1.807) is 6.20 Å². The molecule has 0 radical (unpaired) electrons. The molecule has 0 saturated heterocycles. The van der Waals surface area contributed by atoms with E-state index in [0.717, 1.165) is 36.9 Å². The number of carbonyl (C=O) groups is 1. The summed E-state index contributed by atoms with van der Waals surface area (Å²) in [7, 11) is 1.90. The van der Waals surface area contributed by atoms with Crippen LogP contribution in [0.3, 0.4) is 0 Å². The lowest BCUT2D eigenvalue weighted by molar-refractivity contribution is -0.126. The molecule has 1 amide bonds. The van der Waals surface area contributed by atoms with Gasteiger partial charge in [-0.3, -0.25) is 9.48 Å². The van der Waals surface area contributed by atoms with Crippen molar-refractivity contribution in [3.63, 3.8) is 0 Å². The molecule has 1 fully saturated rings. The second-order valence-corrected chi connectivity index (χ2v) is 5.37. The fourth-order valence-electron chi connectivity index (χ4n) is 2.59. The van der Waals surface area contributed by atoms with E-state index in [1.165, 1.54) is 0 Å². The van der Waals surface area contributed by atoms with Crippen LogP contribution in [0.2, 0.25) is 0 Å². The molecule has 0 bridgehead atoms. The van der Waals surface area contributed by atoms with E-state index in [4.69, 9.17) is 5.73 Å². The first-order chi connectivity index (χ1) is 8.44. The molecule has 1 aromatic rings. The molecule has 1 saturated carbocycles. The van der Waals surface area contributed by atoms with Crippen LogP contribution in [0, 0.1) is 6.92 Å². The second kappa shape index (κ2) is 4.72. The van der Waals surface area contributed by atoms with Crippen molar-refractivity contribution in [3.05, 3.63) is 17.5 Å². The van der Waals surface area contributed by atoms with Gasteiger partial charge in [-0.25, -0.2) is 0 Å². The number of nitrogens with zero attached hydrogens (tertiary/aromatic N) is 2. The maximum absolute atomic E-state index is 12.2. The van der Waals surface area contributed by atoms with Crippen molar-refractivity contribution >= 4 is 5.91 Å². The molecule has 1 unspecified atom stereocenters. The molecule has 5 heteroatoms. The molecule has 3 N–H and O–H groups in total. The lowest BCUT2D eigenvalue weighted by Gasteiger charge is -2.25. The monoisotopic (exact) mass is 250 g/mol. The van der Waals surface area contributed by atoms with Crippen LogP contribution in [0.15, 0.2) is 6.20 Å². The molecule has 0 spiro atoms. The highest BCUT2D eigenvalue weighted by Gasteiger charge is 2.37. The van der Waals surface area contributed by atoms with E-state index < -0.39 is 5.54 Å². The molecule has 1 aromatic heterocycles. The van der Waals surface area contributed by atoms with E-state index >= 15 is 0 Å². The number of hydrogen-bond donors (Lipinski definition) is 2. The zero-order chi connectivity index (χ0) is 13.3. The summed E-state index contributed by atoms with van der Waals surface area (Å²) in [5, 5.41) is 7.21. The van der Waals surface area contributed by atoms with Gasteiger partial charge in [-0.2, -0.15) is 5.10 Å². The number of aromatic nitrogens is 2. The van der Waals surface area contributed by atoms with Gasteiger partial charge in [-0.05, 0) is 26.7 Å². The molecular weight excluding hydrogens is 228 g/mol. The largest absolute Gasteiger partial charge is 0.348 e. The topological polar surface area (TPSA) is 72.9 Å². The minimum Gasteiger partial charge on any atom is -0.348 e. The Morgan fingerprint density at radius 1 is 1.56 bits per heavy atom. The van der Waals surface area contributed by atoms with Gasteiger partial charge < -0.3 is 11.1 Å². The SMILES string of the molecule is Cc1c(C(C)NC(=O)C2(N)CCCC2)cnn1C. The van der Waals surface area contributed by atoms with E-state index in [-0.39, 0.29) is 11.9 Å². The Morgan fingerprint density at radius 2 is 2.17 bits per heavy atom. The number of amides is 1. The van der Waals surface area contributed by atoms with Crippen molar-refractivity contribution in [1.29, 1.82) is 0 Å². The van der Waals surface area contributed by atoms with Crippen LogP contribution in [0.25, 0.3) is 0 Å². The Kier molecular flexibility index (Phi) is 3.43. The smallest absolute Gasteiger partial charge is 0.240 e. The normalized spacial score (nSPS) is 19.8. The zero-order valence-corrected chi connectivity index (χ0v) is 11.4. The summed E-state index contributed by atoms with van der Waals surface area (Å²) in [6.07, 6.45) is 5.47.